The monoisotopic (exact) mass is 501 g/mol. The SMILES string of the molecule is CNc1cnc2c(C(=O)Nc3cc4c(cc3N3CCN(CC(F)F)CC3)O[C@](C)(CO)C4)cnn2c1. The van der Waals surface area contributed by atoms with Crippen molar-refractivity contribution in [2.24, 2.45) is 0 Å². The maximum atomic E-state index is 13.3. The quantitative estimate of drug-likeness (QED) is 0.452. The van der Waals surface area contributed by atoms with Crippen molar-refractivity contribution in [3.8, 4) is 5.75 Å². The molecule has 36 heavy (non-hydrogen) atoms. The van der Waals surface area contributed by atoms with E-state index in [0.717, 1.165) is 16.9 Å². The molecule has 12 heteroatoms. The molecular formula is C24H29F2N7O3. The van der Waals surface area contributed by atoms with Gasteiger partial charge < -0.3 is 25.4 Å². The second-order valence-electron chi connectivity index (χ2n) is 9.42. The Morgan fingerprint density at radius 3 is 2.72 bits per heavy atom. The molecule has 2 aliphatic heterocycles. The van der Waals surface area contributed by atoms with Gasteiger partial charge in [-0.1, -0.05) is 0 Å². The van der Waals surface area contributed by atoms with E-state index in [4.69, 9.17) is 4.74 Å². The van der Waals surface area contributed by atoms with Gasteiger partial charge in [-0.05, 0) is 13.0 Å². The number of anilines is 3. The predicted molar refractivity (Wildman–Crippen MR) is 131 cm³/mol. The fraction of sp³-hybridized carbons (Fsp3) is 0.458. The maximum Gasteiger partial charge on any atom is 0.261 e. The minimum absolute atomic E-state index is 0.145. The van der Waals surface area contributed by atoms with Crippen LogP contribution in [0.1, 0.15) is 22.8 Å². The van der Waals surface area contributed by atoms with Crippen LogP contribution in [0.5, 0.6) is 5.75 Å². The van der Waals surface area contributed by atoms with Crippen LogP contribution in [0.2, 0.25) is 0 Å². The zero-order valence-corrected chi connectivity index (χ0v) is 20.2. The Balaban J connectivity index is 1.44. The van der Waals surface area contributed by atoms with Crippen LogP contribution < -0.4 is 20.3 Å². The van der Waals surface area contributed by atoms with Gasteiger partial charge in [-0.3, -0.25) is 9.69 Å². The minimum atomic E-state index is -2.38. The van der Waals surface area contributed by atoms with Crippen molar-refractivity contribution in [2.75, 3.05) is 61.9 Å². The van der Waals surface area contributed by atoms with Crippen molar-refractivity contribution < 1.29 is 23.4 Å². The van der Waals surface area contributed by atoms with Crippen LogP contribution in [0.4, 0.5) is 25.8 Å². The van der Waals surface area contributed by atoms with E-state index < -0.39 is 12.0 Å². The fourth-order valence-corrected chi connectivity index (χ4v) is 4.72. The first kappa shape index (κ1) is 24.2. The highest BCUT2D eigenvalue weighted by Crippen LogP contribution is 2.42. The number of carbonyl (C=O) groups is 1. The highest BCUT2D eigenvalue weighted by atomic mass is 19.3. The number of carbonyl (C=O) groups excluding carboxylic acids is 1. The van der Waals surface area contributed by atoms with E-state index in [2.05, 4.69) is 25.6 Å². The van der Waals surface area contributed by atoms with Crippen LogP contribution in [-0.4, -0.2) is 88.9 Å². The number of hydrogen-bond donors (Lipinski definition) is 3. The van der Waals surface area contributed by atoms with Gasteiger partial charge in [0.2, 0.25) is 0 Å². The molecule has 0 radical (unpaired) electrons. The number of amides is 1. The number of fused-ring (bicyclic) bond motifs is 2. The van der Waals surface area contributed by atoms with Gasteiger partial charge >= 0.3 is 0 Å². The molecule has 0 aliphatic carbocycles. The van der Waals surface area contributed by atoms with E-state index in [-0.39, 0.29) is 19.1 Å². The highest BCUT2D eigenvalue weighted by Gasteiger charge is 2.36. The first-order valence-electron chi connectivity index (χ1n) is 11.8. The third kappa shape index (κ3) is 4.65. The van der Waals surface area contributed by atoms with E-state index >= 15 is 0 Å². The van der Waals surface area contributed by atoms with E-state index in [1.807, 2.05) is 19.1 Å². The molecule has 192 valence electrons. The third-order valence-electron chi connectivity index (χ3n) is 6.68. The van der Waals surface area contributed by atoms with E-state index in [1.165, 1.54) is 10.7 Å². The summed E-state index contributed by atoms with van der Waals surface area (Å²) in [7, 11) is 1.77. The first-order chi connectivity index (χ1) is 17.3. The number of benzene rings is 1. The highest BCUT2D eigenvalue weighted by molar-refractivity contribution is 6.09. The zero-order valence-electron chi connectivity index (χ0n) is 20.2. The number of aliphatic hydroxyl groups excluding tert-OH is 1. The average Bonchev–Trinajstić information content (AvgIpc) is 3.43. The molecule has 2 aliphatic rings. The summed E-state index contributed by atoms with van der Waals surface area (Å²) in [5.41, 5.74) is 2.96. The molecule has 1 saturated heterocycles. The smallest absolute Gasteiger partial charge is 0.261 e. The van der Waals surface area contributed by atoms with E-state index in [9.17, 15) is 18.7 Å². The fourth-order valence-electron chi connectivity index (χ4n) is 4.72. The summed E-state index contributed by atoms with van der Waals surface area (Å²) < 4.78 is 33.2. The van der Waals surface area contributed by atoms with Gasteiger partial charge in [-0.15, -0.1) is 0 Å². The van der Waals surface area contributed by atoms with Crippen LogP contribution in [0.25, 0.3) is 5.65 Å². The number of rotatable bonds is 7. The summed E-state index contributed by atoms with van der Waals surface area (Å²) in [6.07, 6.45) is 2.96. The summed E-state index contributed by atoms with van der Waals surface area (Å²) in [5, 5.41) is 20.0. The lowest BCUT2D eigenvalue weighted by Gasteiger charge is -2.37. The number of nitrogens with zero attached hydrogens (tertiary/aromatic N) is 5. The molecule has 0 bridgehead atoms. The Morgan fingerprint density at radius 2 is 2.03 bits per heavy atom. The molecular weight excluding hydrogens is 472 g/mol. The van der Waals surface area contributed by atoms with Gasteiger partial charge in [-0.25, -0.2) is 18.3 Å². The minimum Gasteiger partial charge on any atom is -0.484 e. The number of piperazine rings is 1. The van der Waals surface area contributed by atoms with Crippen LogP contribution >= 0.6 is 0 Å². The zero-order chi connectivity index (χ0) is 25.4. The number of nitrogens with one attached hydrogen (secondary N) is 2. The number of halogens is 2. The molecule has 4 heterocycles. The number of aliphatic hydroxyl groups is 1. The van der Waals surface area contributed by atoms with Gasteiger partial charge in [0.05, 0.1) is 48.8 Å². The molecule has 1 atom stereocenters. The Bertz CT molecular complexity index is 1280. The molecule has 1 aromatic carbocycles. The summed E-state index contributed by atoms with van der Waals surface area (Å²) in [6.45, 7) is 3.45. The van der Waals surface area contributed by atoms with Gasteiger partial charge in [0.1, 0.15) is 16.9 Å². The third-order valence-corrected chi connectivity index (χ3v) is 6.68. The second kappa shape index (κ2) is 9.51. The standard InChI is InChI=1S/C24H29F2N7O3/c1-24(14-34)9-15-7-18(30-23(35)17-11-29-33-12-16(27-2)10-28-22(17)33)19(8-20(15)36-24)32-5-3-31(4-6-32)13-21(25)26/h7-8,10-12,21,27,34H,3-6,9,13-14H2,1-2H3,(H,30,35)/t24-/m0/s1. The van der Waals surface area contributed by atoms with Crippen molar-refractivity contribution >= 4 is 28.6 Å². The van der Waals surface area contributed by atoms with Gasteiger partial charge in [0.15, 0.2) is 5.65 Å². The number of aromatic nitrogens is 3. The lowest BCUT2D eigenvalue weighted by molar-refractivity contribution is 0.0447. The molecule has 2 aromatic heterocycles. The molecule has 1 amide bonds. The molecule has 5 rings (SSSR count). The predicted octanol–water partition coefficient (Wildman–Crippen LogP) is 2.10. The Hall–Kier alpha value is -3.51. The molecule has 3 aromatic rings. The number of hydrogen-bond acceptors (Lipinski definition) is 8. The molecule has 10 nitrogen and oxygen atoms in total. The van der Waals surface area contributed by atoms with Crippen molar-refractivity contribution in [3.05, 3.63) is 41.9 Å². The van der Waals surface area contributed by atoms with E-state index in [0.29, 0.717) is 55.2 Å². The molecule has 0 saturated carbocycles. The van der Waals surface area contributed by atoms with Gasteiger partial charge in [0.25, 0.3) is 12.3 Å². The first-order valence-corrected chi connectivity index (χ1v) is 11.8. The van der Waals surface area contributed by atoms with Crippen molar-refractivity contribution in [3.63, 3.8) is 0 Å². The summed E-state index contributed by atoms with van der Waals surface area (Å²) in [4.78, 5) is 21.5. The second-order valence-corrected chi connectivity index (χ2v) is 9.42. The number of ether oxygens (including phenoxy) is 1. The van der Waals surface area contributed by atoms with Crippen LogP contribution in [0, 0.1) is 0 Å². The molecule has 0 spiro atoms. The summed E-state index contributed by atoms with van der Waals surface area (Å²) >= 11 is 0. The van der Waals surface area contributed by atoms with Crippen molar-refractivity contribution in [1.82, 2.24) is 19.5 Å². The molecule has 1 fully saturated rings. The van der Waals surface area contributed by atoms with Gasteiger partial charge in [-0.2, -0.15) is 5.10 Å². The Kier molecular flexibility index (Phi) is 6.39. The van der Waals surface area contributed by atoms with Crippen LogP contribution in [0.3, 0.4) is 0 Å². The maximum absolute atomic E-state index is 13.3. The van der Waals surface area contributed by atoms with Crippen LogP contribution in [0.15, 0.2) is 30.7 Å². The van der Waals surface area contributed by atoms with Gasteiger partial charge in [0, 0.05) is 51.3 Å². The topological polar surface area (TPSA) is 107 Å². The van der Waals surface area contributed by atoms with E-state index in [1.54, 1.807) is 24.3 Å². The molecule has 3 N–H and O–H groups in total. The van der Waals surface area contributed by atoms with Crippen LogP contribution in [-0.2, 0) is 6.42 Å². The summed E-state index contributed by atoms with van der Waals surface area (Å²) in [6, 6.07) is 3.73. The lowest BCUT2D eigenvalue weighted by atomic mass is 9.99. The van der Waals surface area contributed by atoms with Crippen molar-refractivity contribution in [1.29, 1.82) is 0 Å². The van der Waals surface area contributed by atoms with Crippen molar-refractivity contribution in [2.45, 2.75) is 25.4 Å². The Labute approximate surface area is 206 Å². The number of alkyl halides is 2. The lowest BCUT2D eigenvalue weighted by Crippen LogP contribution is -2.48. The average molecular weight is 502 g/mol. The Morgan fingerprint density at radius 1 is 1.25 bits per heavy atom. The summed E-state index contributed by atoms with van der Waals surface area (Å²) in [5.74, 6) is 0.280. The molecule has 0 unspecified atom stereocenters. The normalized spacial score (nSPS) is 20.0. The largest absolute Gasteiger partial charge is 0.484 e.